The van der Waals surface area contributed by atoms with Crippen LogP contribution in [0, 0.1) is 10.1 Å². The van der Waals surface area contributed by atoms with Crippen molar-refractivity contribution in [2.75, 3.05) is 5.43 Å². The molecule has 0 spiro atoms. The van der Waals surface area contributed by atoms with Gasteiger partial charge < -0.3 is 4.42 Å². The number of nitro groups is 1. The van der Waals surface area contributed by atoms with Crippen LogP contribution in [0.2, 0.25) is 0 Å². The smallest absolute Gasteiger partial charge is 0.271 e. The lowest BCUT2D eigenvalue weighted by Crippen LogP contribution is -1.94. The van der Waals surface area contributed by atoms with Gasteiger partial charge in [-0.15, -0.1) is 0 Å². The molecule has 0 fully saturated rings. The highest BCUT2D eigenvalue weighted by Gasteiger charge is 2.10. The van der Waals surface area contributed by atoms with E-state index in [9.17, 15) is 10.1 Å². The molecule has 1 aromatic heterocycles. The van der Waals surface area contributed by atoms with Gasteiger partial charge in [0.15, 0.2) is 0 Å². The Morgan fingerprint density at radius 3 is 2.87 bits per heavy atom. The number of para-hydroxylation sites is 1. The standard InChI is InChI=1S/C17H15N3O3/c1-2-16-15(14-8-3-4-9-17(14)23-16)11-18-19-12-6-5-7-13(10-12)20(21)22/h3-11,19H,2H2,1H3/b18-11-. The highest BCUT2D eigenvalue weighted by molar-refractivity contribution is 5.99. The Labute approximate surface area is 132 Å². The molecule has 0 aliphatic carbocycles. The molecule has 0 unspecified atom stereocenters. The van der Waals surface area contributed by atoms with E-state index in [2.05, 4.69) is 10.5 Å². The zero-order chi connectivity index (χ0) is 16.2. The number of aryl methyl sites for hydroxylation is 1. The quantitative estimate of drug-likeness (QED) is 0.431. The monoisotopic (exact) mass is 309 g/mol. The second kappa shape index (κ2) is 6.31. The van der Waals surface area contributed by atoms with Crippen molar-refractivity contribution in [3.63, 3.8) is 0 Å². The Morgan fingerprint density at radius 2 is 2.09 bits per heavy atom. The lowest BCUT2D eigenvalue weighted by atomic mass is 10.1. The average molecular weight is 309 g/mol. The summed E-state index contributed by atoms with van der Waals surface area (Å²) < 4.78 is 5.79. The third-order valence-corrected chi connectivity index (χ3v) is 3.48. The summed E-state index contributed by atoms with van der Waals surface area (Å²) in [5, 5.41) is 16.0. The van der Waals surface area contributed by atoms with Crippen molar-refractivity contribution in [3.05, 3.63) is 70.0 Å². The maximum atomic E-state index is 10.8. The van der Waals surface area contributed by atoms with Crippen LogP contribution in [0.1, 0.15) is 18.2 Å². The fourth-order valence-corrected chi connectivity index (χ4v) is 2.38. The molecule has 0 amide bonds. The number of anilines is 1. The van der Waals surface area contributed by atoms with Crippen LogP contribution < -0.4 is 5.43 Å². The topological polar surface area (TPSA) is 80.7 Å². The number of nitro benzene ring substituents is 1. The second-order valence-electron chi connectivity index (χ2n) is 4.97. The number of rotatable bonds is 5. The van der Waals surface area contributed by atoms with Crippen LogP contribution in [0.4, 0.5) is 11.4 Å². The van der Waals surface area contributed by atoms with Crippen molar-refractivity contribution in [1.82, 2.24) is 0 Å². The predicted octanol–water partition coefficient (Wildman–Crippen LogP) is 4.35. The highest BCUT2D eigenvalue weighted by atomic mass is 16.6. The van der Waals surface area contributed by atoms with Gasteiger partial charge in [0.25, 0.3) is 5.69 Å². The van der Waals surface area contributed by atoms with Crippen LogP contribution in [-0.4, -0.2) is 11.1 Å². The average Bonchev–Trinajstić information content (AvgIpc) is 2.93. The lowest BCUT2D eigenvalue weighted by molar-refractivity contribution is -0.384. The first-order valence-corrected chi connectivity index (χ1v) is 7.23. The van der Waals surface area contributed by atoms with Crippen LogP contribution in [0.3, 0.4) is 0 Å². The van der Waals surface area contributed by atoms with Crippen LogP contribution in [0.5, 0.6) is 0 Å². The van der Waals surface area contributed by atoms with Crippen LogP contribution in [0.15, 0.2) is 58.0 Å². The van der Waals surface area contributed by atoms with Gasteiger partial charge in [-0.1, -0.05) is 31.2 Å². The summed E-state index contributed by atoms with van der Waals surface area (Å²) in [7, 11) is 0. The minimum atomic E-state index is -0.437. The van der Waals surface area contributed by atoms with Gasteiger partial charge in [0, 0.05) is 29.5 Å². The van der Waals surface area contributed by atoms with Gasteiger partial charge in [-0.2, -0.15) is 5.10 Å². The molecule has 6 nitrogen and oxygen atoms in total. The van der Waals surface area contributed by atoms with E-state index >= 15 is 0 Å². The van der Waals surface area contributed by atoms with Crippen molar-refractivity contribution in [1.29, 1.82) is 0 Å². The van der Waals surface area contributed by atoms with E-state index in [1.807, 2.05) is 31.2 Å². The van der Waals surface area contributed by atoms with Gasteiger partial charge in [-0.25, -0.2) is 0 Å². The van der Waals surface area contributed by atoms with E-state index in [0.717, 1.165) is 28.7 Å². The van der Waals surface area contributed by atoms with Gasteiger partial charge in [-0.05, 0) is 12.1 Å². The van der Waals surface area contributed by atoms with Crippen molar-refractivity contribution in [2.45, 2.75) is 13.3 Å². The normalized spacial score (nSPS) is 11.2. The molecule has 0 aliphatic rings. The molecule has 3 aromatic rings. The summed E-state index contributed by atoms with van der Waals surface area (Å²) in [6.45, 7) is 2.02. The summed E-state index contributed by atoms with van der Waals surface area (Å²) in [4.78, 5) is 10.3. The SMILES string of the molecule is CCc1oc2ccccc2c1/C=N\Nc1cccc([N+](=O)[O-])c1. The molecule has 0 radical (unpaired) electrons. The zero-order valence-electron chi connectivity index (χ0n) is 12.5. The second-order valence-corrected chi connectivity index (χ2v) is 4.97. The number of fused-ring (bicyclic) bond motifs is 1. The van der Waals surface area contributed by atoms with Crippen molar-refractivity contribution in [3.8, 4) is 0 Å². The maximum absolute atomic E-state index is 10.8. The van der Waals surface area contributed by atoms with E-state index in [4.69, 9.17) is 4.42 Å². The fraction of sp³-hybridized carbons (Fsp3) is 0.118. The molecule has 6 heteroatoms. The molecule has 1 heterocycles. The molecular formula is C17H15N3O3. The summed E-state index contributed by atoms with van der Waals surface area (Å²) in [6, 6.07) is 14.0. The number of non-ortho nitro benzene ring substituents is 1. The van der Waals surface area contributed by atoms with E-state index in [0.29, 0.717) is 5.69 Å². The van der Waals surface area contributed by atoms with Crippen molar-refractivity contribution >= 4 is 28.6 Å². The van der Waals surface area contributed by atoms with E-state index < -0.39 is 4.92 Å². The Balaban J connectivity index is 1.86. The fourth-order valence-electron chi connectivity index (χ4n) is 2.38. The highest BCUT2D eigenvalue weighted by Crippen LogP contribution is 2.25. The molecule has 23 heavy (non-hydrogen) atoms. The predicted molar refractivity (Wildman–Crippen MR) is 89.9 cm³/mol. The van der Waals surface area contributed by atoms with Crippen LogP contribution >= 0.6 is 0 Å². The molecule has 2 aromatic carbocycles. The summed E-state index contributed by atoms with van der Waals surface area (Å²) in [5.41, 5.74) is 5.13. The number of furan rings is 1. The first kappa shape index (κ1) is 14.8. The van der Waals surface area contributed by atoms with Gasteiger partial charge in [0.05, 0.1) is 16.8 Å². The number of nitrogens with zero attached hydrogens (tertiary/aromatic N) is 2. The Bertz CT molecular complexity index is 884. The maximum Gasteiger partial charge on any atom is 0.271 e. The molecule has 3 rings (SSSR count). The molecule has 0 atom stereocenters. The van der Waals surface area contributed by atoms with Crippen molar-refractivity contribution < 1.29 is 9.34 Å². The summed E-state index contributed by atoms with van der Waals surface area (Å²) in [5.74, 6) is 0.857. The third-order valence-electron chi connectivity index (χ3n) is 3.48. The van der Waals surface area contributed by atoms with Crippen LogP contribution in [0.25, 0.3) is 11.0 Å². The molecule has 0 bridgehead atoms. The third kappa shape index (κ3) is 3.06. The van der Waals surface area contributed by atoms with Crippen molar-refractivity contribution in [2.24, 2.45) is 5.10 Å². The van der Waals surface area contributed by atoms with Gasteiger partial charge in [0.1, 0.15) is 11.3 Å². The lowest BCUT2D eigenvalue weighted by Gasteiger charge is -2.00. The van der Waals surface area contributed by atoms with Gasteiger partial charge >= 0.3 is 0 Å². The molecular weight excluding hydrogens is 294 g/mol. The first-order valence-electron chi connectivity index (χ1n) is 7.23. The number of hydrogen-bond donors (Lipinski definition) is 1. The summed E-state index contributed by atoms with van der Waals surface area (Å²) >= 11 is 0. The Morgan fingerprint density at radius 1 is 1.26 bits per heavy atom. The molecule has 0 saturated carbocycles. The van der Waals surface area contributed by atoms with E-state index in [-0.39, 0.29) is 5.69 Å². The number of benzene rings is 2. The van der Waals surface area contributed by atoms with Crippen LogP contribution in [-0.2, 0) is 6.42 Å². The molecule has 0 saturated heterocycles. The molecule has 1 N–H and O–H groups in total. The molecule has 116 valence electrons. The first-order chi connectivity index (χ1) is 11.2. The van der Waals surface area contributed by atoms with E-state index in [1.165, 1.54) is 12.1 Å². The van der Waals surface area contributed by atoms with Gasteiger partial charge in [-0.3, -0.25) is 15.5 Å². The number of hydrazone groups is 1. The minimum Gasteiger partial charge on any atom is -0.460 e. The van der Waals surface area contributed by atoms with Gasteiger partial charge in [0.2, 0.25) is 0 Å². The zero-order valence-corrected chi connectivity index (χ0v) is 12.5. The Kier molecular flexibility index (Phi) is 4.05. The largest absolute Gasteiger partial charge is 0.460 e. The minimum absolute atomic E-state index is 0.0215. The number of hydrogen-bond acceptors (Lipinski definition) is 5. The Hall–Kier alpha value is -3.15. The van der Waals surface area contributed by atoms with E-state index in [1.54, 1.807) is 18.3 Å². The summed E-state index contributed by atoms with van der Waals surface area (Å²) in [6.07, 6.45) is 2.44. The molecule has 0 aliphatic heterocycles. The number of nitrogens with one attached hydrogen (secondary N) is 1.